The Morgan fingerprint density at radius 1 is 1.62 bits per heavy atom. The molecule has 0 radical (unpaired) electrons. The first kappa shape index (κ1) is 11.8. The highest BCUT2D eigenvalue weighted by atomic mass is 19.3. The average Bonchev–Trinajstić information content (AvgIpc) is 2.01. The summed E-state index contributed by atoms with van der Waals surface area (Å²) in [5.41, 5.74) is -1.50. The van der Waals surface area contributed by atoms with Crippen LogP contribution in [0.4, 0.5) is 8.78 Å². The summed E-state index contributed by atoms with van der Waals surface area (Å²) in [4.78, 5) is 0. The molecule has 0 atom stereocenters. The summed E-state index contributed by atoms with van der Waals surface area (Å²) in [6, 6.07) is 1.86. The van der Waals surface area contributed by atoms with Crippen LogP contribution in [-0.2, 0) is 0 Å². The highest BCUT2D eigenvalue weighted by Crippen LogP contribution is 2.27. The Kier molecular flexibility index (Phi) is 4.32. The maximum absolute atomic E-state index is 12.2. The second-order valence-electron chi connectivity index (χ2n) is 3.33. The SMILES string of the molecule is CC(C)(CCC#N)/C(=N\O)C(F)F. The van der Waals surface area contributed by atoms with Crippen molar-refractivity contribution in [2.24, 2.45) is 10.6 Å². The molecule has 0 aliphatic rings. The molecule has 0 amide bonds. The molecule has 0 heterocycles. The summed E-state index contributed by atoms with van der Waals surface area (Å²) >= 11 is 0. The zero-order valence-electron chi connectivity index (χ0n) is 7.59. The third kappa shape index (κ3) is 3.36. The molecule has 74 valence electrons. The minimum Gasteiger partial charge on any atom is -0.411 e. The molecular formula is C8H12F2N2O. The quantitative estimate of drug-likeness (QED) is 0.420. The van der Waals surface area contributed by atoms with Gasteiger partial charge < -0.3 is 5.21 Å². The number of hydrogen-bond acceptors (Lipinski definition) is 3. The van der Waals surface area contributed by atoms with Crippen LogP contribution in [-0.4, -0.2) is 17.3 Å². The van der Waals surface area contributed by atoms with E-state index < -0.39 is 17.6 Å². The van der Waals surface area contributed by atoms with Crippen LogP contribution in [0.3, 0.4) is 0 Å². The highest BCUT2D eigenvalue weighted by Gasteiger charge is 2.32. The van der Waals surface area contributed by atoms with Crippen molar-refractivity contribution in [2.75, 3.05) is 0 Å². The van der Waals surface area contributed by atoms with Crippen molar-refractivity contribution in [1.29, 1.82) is 5.26 Å². The van der Waals surface area contributed by atoms with E-state index in [0.717, 1.165) is 0 Å². The maximum atomic E-state index is 12.2. The van der Waals surface area contributed by atoms with Gasteiger partial charge in [0.1, 0.15) is 5.71 Å². The standard InChI is InChI=1S/C8H12F2N2O/c1-8(2,4-3-5-11)6(12-13)7(9)10/h7,13H,3-4H2,1-2H3/b12-6-. The van der Waals surface area contributed by atoms with Gasteiger partial charge in [-0.15, -0.1) is 0 Å². The second-order valence-corrected chi connectivity index (χ2v) is 3.33. The molecule has 0 unspecified atom stereocenters. The van der Waals surface area contributed by atoms with E-state index in [1.54, 1.807) is 0 Å². The van der Waals surface area contributed by atoms with Crippen molar-refractivity contribution in [2.45, 2.75) is 33.1 Å². The molecular weight excluding hydrogens is 178 g/mol. The summed E-state index contributed by atoms with van der Waals surface area (Å²) in [7, 11) is 0. The fourth-order valence-corrected chi connectivity index (χ4v) is 0.971. The van der Waals surface area contributed by atoms with E-state index >= 15 is 0 Å². The molecule has 0 aliphatic heterocycles. The van der Waals surface area contributed by atoms with Gasteiger partial charge in [0.15, 0.2) is 0 Å². The van der Waals surface area contributed by atoms with Crippen molar-refractivity contribution >= 4 is 5.71 Å². The van der Waals surface area contributed by atoms with E-state index in [0.29, 0.717) is 0 Å². The topological polar surface area (TPSA) is 56.4 Å². The Morgan fingerprint density at radius 3 is 2.46 bits per heavy atom. The van der Waals surface area contributed by atoms with Crippen LogP contribution in [0.2, 0.25) is 0 Å². The molecule has 0 bridgehead atoms. The van der Waals surface area contributed by atoms with Gasteiger partial charge in [-0.1, -0.05) is 19.0 Å². The molecule has 3 nitrogen and oxygen atoms in total. The molecule has 1 N–H and O–H groups in total. The Labute approximate surface area is 75.7 Å². The molecule has 5 heteroatoms. The Morgan fingerprint density at radius 2 is 2.15 bits per heavy atom. The number of rotatable bonds is 4. The van der Waals surface area contributed by atoms with E-state index in [2.05, 4.69) is 5.16 Å². The van der Waals surface area contributed by atoms with E-state index in [-0.39, 0.29) is 12.8 Å². The summed E-state index contributed by atoms with van der Waals surface area (Å²) in [6.07, 6.45) is -2.36. The Hall–Kier alpha value is -1.18. The van der Waals surface area contributed by atoms with E-state index in [4.69, 9.17) is 10.5 Å². The van der Waals surface area contributed by atoms with Gasteiger partial charge in [0.05, 0.1) is 6.07 Å². The lowest BCUT2D eigenvalue weighted by molar-refractivity contribution is 0.194. The molecule has 0 aliphatic carbocycles. The maximum Gasteiger partial charge on any atom is 0.280 e. The van der Waals surface area contributed by atoms with Crippen molar-refractivity contribution in [1.82, 2.24) is 0 Å². The molecule has 0 fully saturated rings. The highest BCUT2D eigenvalue weighted by molar-refractivity contribution is 5.91. The summed E-state index contributed by atoms with van der Waals surface area (Å²) < 4.78 is 24.5. The molecule has 0 spiro atoms. The number of nitrogens with zero attached hydrogens (tertiary/aromatic N) is 2. The van der Waals surface area contributed by atoms with Gasteiger partial charge in [0, 0.05) is 11.8 Å². The van der Waals surface area contributed by atoms with Gasteiger partial charge in [0.2, 0.25) is 0 Å². The largest absolute Gasteiger partial charge is 0.411 e. The van der Waals surface area contributed by atoms with Crippen molar-refractivity contribution in [3.63, 3.8) is 0 Å². The van der Waals surface area contributed by atoms with Gasteiger partial charge >= 0.3 is 0 Å². The van der Waals surface area contributed by atoms with Gasteiger partial charge in [-0.25, -0.2) is 8.78 Å². The monoisotopic (exact) mass is 190 g/mol. The predicted octanol–water partition coefficient (Wildman–Crippen LogP) is 2.41. The van der Waals surface area contributed by atoms with Crippen LogP contribution >= 0.6 is 0 Å². The first-order valence-corrected chi connectivity index (χ1v) is 3.83. The third-order valence-corrected chi connectivity index (χ3v) is 1.87. The third-order valence-electron chi connectivity index (χ3n) is 1.87. The lowest BCUT2D eigenvalue weighted by Gasteiger charge is -2.23. The van der Waals surface area contributed by atoms with Crippen LogP contribution in [0, 0.1) is 16.7 Å². The number of nitriles is 1. The van der Waals surface area contributed by atoms with Crippen LogP contribution in [0.5, 0.6) is 0 Å². The number of hydrogen-bond donors (Lipinski definition) is 1. The van der Waals surface area contributed by atoms with Crippen LogP contribution < -0.4 is 0 Å². The molecule has 0 aromatic rings. The lowest BCUT2D eigenvalue weighted by Crippen LogP contribution is -2.30. The first-order valence-electron chi connectivity index (χ1n) is 3.83. The minimum atomic E-state index is -2.78. The van der Waals surface area contributed by atoms with E-state index in [1.165, 1.54) is 13.8 Å². The van der Waals surface area contributed by atoms with E-state index in [9.17, 15) is 8.78 Å². The first-order chi connectivity index (χ1) is 5.95. The molecule has 0 aromatic heterocycles. The molecule has 0 aromatic carbocycles. The molecule has 0 saturated carbocycles. The van der Waals surface area contributed by atoms with Crippen molar-refractivity contribution < 1.29 is 14.0 Å². The molecule has 13 heavy (non-hydrogen) atoms. The summed E-state index contributed by atoms with van der Waals surface area (Å²) in [5, 5.41) is 19.2. The zero-order chi connectivity index (χ0) is 10.5. The summed E-state index contributed by atoms with van der Waals surface area (Å²) in [5.74, 6) is 0. The van der Waals surface area contributed by atoms with Crippen LogP contribution in [0.15, 0.2) is 5.16 Å². The number of halogens is 2. The van der Waals surface area contributed by atoms with E-state index in [1.807, 2.05) is 6.07 Å². The Balaban J connectivity index is 4.51. The van der Waals surface area contributed by atoms with Crippen LogP contribution in [0.1, 0.15) is 26.7 Å². The summed E-state index contributed by atoms with van der Waals surface area (Å²) in [6.45, 7) is 3.04. The van der Waals surface area contributed by atoms with Crippen LogP contribution in [0.25, 0.3) is 0 Å². The zero-order valence-corrected chi connectivity index (χ0v) is 7.59. The number of alkyl halides is 2. The lowest BCUT2D eigenvalue weighted by atomic mass is 9.83. The number of oxime groups is 1. The van der Waals surface area contributed by atoms with Gasteiger partial charge in [-0.05, 0) is 6.42 Å². The molecule has 0 saturated heterocycles. The van der Waals surface area contributed by atoms with Crippen molar-refractivity contribution in [3.05, 3.63) is 0 Å². The predicted molar refractivity (Wildman–Crippen MR) is 43.9 cm³/mol. The molecule has 0 rings (SSSR count). The fraction of sp³-hybridized carbons (Fsp3) is 0.750. The Bertz CT molecular complexity index is 231. The second kappa shape index (κ2) is 4.75. The van der Waals surface area contributed by atoms with Gasteiger partial charge in [-0.3, -0.25) is 0 Å². The van der Waals surface area contributed by atoms with Gasteiger partial charge in [-0.2, -0.15) is 5.26 Å². The normalized spacial score (nSPS) is 13.1. The average molecular weight is 190 g/mol. The van der Waals surface area contributed by atoms with Crippen molar-refractivity contribution in [3.8, 4) is 6.07 Å². The minimum absolute atomic E-state index is 0.165. The fourth-order valence-electron chi connectivity index (χ4n) is 0.971. The van der Waals surface area contributed by atoms with Gasteiger partial charge in [0.25, 0.3) is 6.43 Å². The smallest absolute Gasteiger partial charge is 0.280 e.